The lowest BCUT2D eigenvalue weighted by atomic mass is 9.87. The van der Waals surface area contributed by atoms with Gasteiger partial charge in [0.2, 0.25) is 0 Å². The Morgan fingerprint density at radius 2 is 2.00 bits per heavy atom. The first-order chi connectivity index (χ1) is 11.8. The maximum absolute atomic E-state index is 5.95. The van der Waals surface area contributed by atoms with E-state index in [1.807, 2.05) is 36.5 Å². The molecule has 2 aromatic rings. The van der Waals surface area contributed by atoms with Crippen molar-refractivity contribution in [1.29, 1.82) is 0 Å². The first-order valence-electron chi connectivity index (χ1n) is 8.99. The zero-order valence-corrected chi connectivity index (χ0v) is 13.9. The van der Waals surface area contributed by atoms with Crippen LogP contribution in [0.2, 0.25) is 0 Å². The van der Waals surface area contributed by atoms with Gasteiger partial charge in [0.15, 0.2) is 0 Å². The molecule has 3 fully saturated rings. The quantitative estimate of drug-likeness (QED) is 0.864. The number of pyridine rings is 1. The van der Waals surface area contributed by atoms with E-state index >= 15 is 0 Å². The number of benzene rings is 1. The average Bonchev–Trinajstić information content (AvgIpc) is 3.32. The van der Waals surface area contributed by atoms with Gasteiger partial charge in [0, 0.05) is 31.2 Å². The average molecular weight is 321 g/mol. The summed E-state index contributed by atoms with van der Waals surface area (Å²) in [5.41, 5.74) is 1.61. The summed E-state index contributed by atoms with van der Waals surface area (Å²) in [6, 6.07) is 12.0. The molecule has 5 rings (SSSR count). The van der Waals surface area contributed by atoms with Gasteiger partial charge < -0.3 is 9.64 Å². The molecular formula is C20H23N3O. The molecule has 1 unspecified atom stereocenters. The predicted molar refractivity (Wildman–Crippen MR) is 94.6 cm³/mol. The number of hydrogen-bond donors (Lipinski definition) is 0. The van der Waals surface area contributed by atoms with Gasteiger partial charge >= 0.3 is 0 Å². The molecule has 0 saturated carbocycles. The van der Waals surface area contributed by atoms with Crippen molar-refractivity contribution in [2.75, 3.05) is 31.1 Å². The highest BCUT2D eigenvalue weighted by molar-refractivity contribution is 5.51. The molecule has 0 radical (unpaired) electrons. The highest BCUT2D eigenvalue weighted by Crippen LogP contribution is 2.46. The number of fused-ring (bicyclic) bond motifs is 3. The van der Waals surface area contributed by atoms with Gasteiger partial charge in [-0.1, -0.05) is 18.2 Å². The van der Waals surface area contributed by atoms with Crippen LogP contribution in [0.15, 0.2) is 48.8 Å². The molecule has 0 aliphatic carbocycles. The molecular weight excluding hydrogens is 298 g/mol. The fourth-order valence-corrected chi connectivity index (χ4v) is 4.86. The van der Waals surface area contributed by atoms with Crippen molar-refractivity contribution in [2.45, 2.75) is 24.8 Å². The van der Waals surface area contributed by atoms with Crippen LogP contribution in [0.3, 0.4) is 0 Å². The largest absolute Gasteiger partial charge is 0.456 e. The van der Waals surface area contributed by atoms with Crippen LogP contribution < -0.4 is 9.64 Å². The van der Waals surface area contributed by atoms with E-state index in [1.165, 1.54) is 38.0 Å². The Morgan fingerprint density at radius 1 is 1.08 bits per heavy atom. The lowest BCUT2D eigenvalue weighted by Crippen LogP contribution is -2.46. The molecule has 1 spiro atoms. The van der Waals surface area contributed by atoms with Crippen molar-refractivity contribution in [3.05, 3.63) is 48.8 Å². The van der Waals surface area contributed by atoms with E-state index in [4.69, 9.17) is 4.74 Å². The van der Waals surface area contributed by atoms with Gasteiger partial charge in [0.05, 0.1) is 18.1 Å². The summed E-state index contributed by atoms with van der Waals surface area (Å²) in [4.78, 5) is 9.65. The van der Waals surface area contributed by atoms with Crippen LogP contribution in [0.4, 0.5) is 5.69 Å². The minimum absolute atomic E-state index is 0.430. The number of aromatic nitrogens is 1. The highest BCUT2D eigenvalue weighted by Gasteiger charge is 2.52. The Hall–Kier alpha value is -2.07. The second-order valence-electron chi connectivity index (χ2n) is 7.49. The van der Waals surface area contributed by atoms with Crippen LogP contribution in [-0.4, -0.2) is 41.6 Å². The van der Waals surface area contributed by atoms with E-state index in [-0.39, 0.29) is 0 Å². The maximum atomic E-state index is 5.95. The van der Waals surface area contributed by atoms with Gasteiger partial charge in [-0.2, -0.15) is 0 Å². The third kappa shape index (κ3) is 2.37. The van der Waals surface area contributed by atoms with Crippen LogP contribution in [0.25, 0.3) is 0 Å². The first-order valence-corrected chi connectivity index (χ1v) is 8.99. The van der Waals surface area contributed by atoms with Gasteiger partial charge in [0.1, 0.15) is 11.5 Å². The fraction of sp³-hybridized carbons (Fsp3) is 0.450. The normalized spacial score (nSPS) is 31.1. The van der Waals surface area contributed by atoms with Crippen molar-refractivity contribution < 1.29 is 4.74 Å². The van der Waals surface area contributed by atoms with E-state index in [2.05, 4.69) is 20.9 Å². The number of ether oxygens (including phenoxy) is 1. The van der Waals surface area contributed by atoms with Crippen molar-refractivity contribution in [1.82, 2.24) is 9.88 Å². The van der Waals surface area contributed by atoms with E-state index in [0.717, 1.165) is 30.5 Å². The molecule has 4 nitrogen and oxygen atoms in total. The zero-order chi connectivity index (χ0) is 16.0. The lowest BCUT2D eigenvalue weighted by molar-refractivity contribution is 0.155. The number of hydrogen-bond acceptors (Lipinski definition) is 4. The minimum Gasteiger partial charge on any atom is -0.456 e. The molecule has 3 atom stereocenters. The fourth-order valence-electron chi connectivity index (χ4n) is 4.86. The molecule has 1 aromatic carbocycles. The second-order valence-corrected chi connectivity index (χ2v) is 7.49. The molecule has 4 heterocycles. The number of para-hydroxylation sites is 1. The highest BCUT2D eigenvalue weighted by atomic mass is 16.5. The molecule has 1 aromatic heterocycles. The van der Waals surface area contributed by atoms with Crippen LogP contribution in [0.1, 0.15) is 19.3 Å². The smallest absolute Gasteiger partial charge is 0.147 e. The van der Waals surface area contributed by atoms with Crippen LogP contribution >= 0.6 is 0 Å². The number of anilines is 1. The molecule has 24 heavy (non-hydrogen) atoms. The molecule has 0 amide bonds. The van der Waals surface area contributed by atoms with Gasteiger partial charge in [-0.25, -0.2) is 0 Å². The van der Waals surface area contributed by atoms with Crippen molar-refractivity contribution in [3.8, 4) is 11.5 Å². The molecule has 124 valence electrons. The van der Waals surface area contributed by atoms with Gasteiger partial charge in [-0.05, 0) is 43.9 Å². The Balaban J connectivity index is 1.34. The number of rotatable bonds is 3. The third-order valence-corrected chi connectivity index (χ3v) is 6.00. The molecule has 3 aliphatic rings. The van der Waals surface area contributed by atoms with E-state index in [9.17, 15) is 0 Å². The van der Waals surface area contributed by atoms with E-state index < -0.39 is 0 Å². The van der Waals surface area contributed by atoms with Crippen LogP contribution in [0, 0.1) is 5.92 Å². The number of piperidine rings is 1. The summed E-state index contributed by atoms with van der Waals surface area (Å²) in [6.45, 7) is 4.89. The SMILES string of the molecule is c1ccc(Oc2cncc(N3CC[C@@]4(C[C@H]5CCN4C5)C3)c2)cc1. The molecule has 2 bridgehead atoms. The summed E-state index contributed by atoms with van der Waals surface area (Å²) in [6.07, 6.45) is 7.84. The number of nitrogens with zero attached hydrogens (tertiary/aromatic N) is 3. The van der Waals surface area contributed by atoms with Crippen molar-refractivity contribution in [2.24, 2.45) is 5.92 Å². The molecule has 3 aliphatic heterocycles. The standard InChI is InChI=1S/C20H23N3O/c1-2-4-18(5-3-1)24-19-10-17(12-21-13-19)22-9-7-20(15-22)11-16-6-8-23(20)14-16/h1-5,10,12-13,16H,6-9,11,14-15H2/t16-,20-/m1/s1. The zero-order valence-electron chi connectivity index (χ0n) is 13.9. The summed E-state index contributed by atoms with van der Waals surface area (Å²) < 4.78 is 5.95. The summed E-state index contributed by atoms with van der Waals surface area (Å²) in [7, 11) is 0. The predicted octanol–water partition coefficient (Wildman–Crippen LogP) is 3.55. The van der Waals surface area contributed by atoms with Gasteiger partial charge in [0.25, 0.3) is 0 Å². The van der Waals surface area contributed by atoms with Crippen LogP contribution in [0.5, 0.6) is 11.5 Å². The Kier molecular flexibility index (Phi) is 3.27. The first kappa shape index (κ1) is 14.3. The van der Waals surface area contributed by atoms with E-state index in [0.29, 0.717) is 5.54 Å². The van der Waals surface area contributed by atoms with E-state index in [1.54, 1.807) is 6.20 Å². The molecule has 0 N–H and O–H groups in total. The Labute approximate surface area is 143 Å². The second kappa shape index (κ2) is 5.49. The van der Waals surface area contributed by atoms with Crippen molar-refractivity contribution in [3.63, 3.8) is 0 Å². The van der Waals surface area contributed by atoms with Gasteiger partial charge in [-0.3, -0.25) is 9.88 Å². The monoisotopic (exact) mass is 321 g/mol. The Bertz CT molecular complexity index is 735. The summed E-state index contributed by atoms with van der Waals surface area (Å²) >= 11 is 0. The summed E-state index contributed by atoms with van der Waals surface area (Å²) in [5, 5.41) is 0. The third-order valence-electron chi connectivity index (χ3n) is 6.00. The van der Waals surface area contributed by atoms with Gasteiger partial charge in [-0.15, -0.1) is 0 Å². The molecule has 4 heteroatoms. The maximum Gasteiger partial charge on any atom is 0.147 e. The lowest BCUT2D eigenvalue weighted by Gasteiger charge is -2.36. The summed E-state index contributed by atoms with van der Waals surface area (Å²) in [5.74, 6) is 2.61. The van der Waals surface area contributed by atoms with Crippen molar-refractivity contribution >= 4 is 5.69 Å². The van der Waals surface area contributed by atoms with Crippen LogP contribution in [-0.2, 0) is 0 Å². The topological polar surface area (TPSA) is 28.6 Å². The molecule has 3 saturated heterocycles. The Morgan fingerprint density at radius 3 is 2.79 bits per heavy atom. The minimum atomic E-state index is 0.430.